The van der Waals surface area contributed by atoms with Gasteiger partial charge in [0.2, 0.25) is 0 Å². The number of hydrogen-bond acceptors (Lipinski definition) is 3. The first-order valence-corrected chi connectivity index (χ1v) is 8.23. The smallest absolute Gasteiger partial charge is 0.558 e. The van der Waals surface area contributed by atoms with Crippen LogP contribution in [0.1, 0.15) is 57.4 Å². The Morgan fingerprint density at radius 2 is 1.55 bits per heavy atom. The molecule has 0 aliphatic heterocycles. The first-order valence-electron chi connectivity index (χ1n) is 7.13. The van der Waals surface area contributed by atoms with E-state index in [2.05, 4.69) is 11.4 Å². The van der Waals surface area contributed by atoms with Gasteiger partial charge >= 0.3 is 59.6 Å². The molecule has 1 aromatic carbocycles. The third kappa shape index (κ3) is 10.4. The van der Waals surface area contributed by atoms with Gasteiger partial charge in [-0.2, -0.15) is 0 Å². The molecule has 0 N–H and O–H groups in total. The van der Waals surface area contributed by atoms with E-state index in [-0.39, 0.29) is 51.4 Å². The van der Waals surface area contributed by atoms with Gasteiger partial charge in [0.15, 0.2) is 5.75 Å². The SMILES string of the molecule is CCCCCCCCCc1ccc(O[P+](=O)[O-])cc1.[K+]. The molecular formula is C15H23KO3P+. The van der Waals surface area contributed by atoms with Crippen LogP contribution in [-0.4, -0.2) is 0 Å². The van der Waals surface area contributed by atoms with Crippen LogP contribution in [-0.2, 0) is 11.0 Å². The van der Waals surface area contributed by atoms with Gasteiger partial charge in [-0.3, -0.25) is 4.52 Å². The quantitative estimate of drug-likeness (QED) is 0.372. The third-order valence-electron chi connectivity index (χ3n) is 3.17. The Kier molecular flexibility index (Phi) is 13.9. The molecule has 0 aromatic heterocycles. The van der Waals surface area contributed by atoms with Crippen molar-refractivity contribution < 1.29 is 65.4 Å². The molecule has 0 aliphatic rings. The summed E-state index contributed by atoms with van der Waals surface area (Å²) in [4.78, 5) is 10.4. The molecule has 20 heavy (non-hydrogen) atoms. The number of unbranched alkanes of at least 4 members (excludes halogenated alkanes) is 6. The van der Waals surface area contributed by atoms with Gasteiger partial charge in [0.05, 0.1) is 0 Å². The van der Waals surface area contributed by atoms with Crippen molar-refractivity contribution in [1.29, 1.82) is 0 Å². The molecule has 0 radical (unpaired) electrons. The van der Waals surface area contributed by atoms with Crippen LogP contribution in [0.2, 0.25) is 0 Å². The number of benzene rings is 1. The predicted molar refractivity (Wildman–Crippen MR) is 76.4 cm³/mol. The van der Waals surface area contributed by atoms with Gasteiger partial charge in [0, 0.05) is 0 Å². The molecule has 0 spiro atoms. The van der Waals surface area contributed by atoms with Crippen molar-refractivity contribution in [1.82, 2.24) is 0 Å². The maximum absolute atomic E-state index is 10.4. The van der Waals surface area contributed by atoms with E-state index < -0.39 is 8.25 Å². The van der Waals surface area contributed by atoms with Crippen LogP contribution in [0.3, 0.4) is 0 Å². The Balaban J connectivity index is 0.00000361. The molecule has 0 aliphatic carbocycles. The molecule has 1 unspecified atom stereocenters. The molecule has 1 aromatic rings. The van der Waals surface area contributed by atoms with Crippen LogP contribution in [0, 0.1) is 0 Å². The Bertz CT molecular complexity index is 368. The van der Waals surface area contributed by atoms with Crippen LogP contribution >= 0.6 is 8.25 Å². The fourth-order valence-electron chi connectivity index (χ4n) is 2.09. The Labute approximate surface area is 165 Å². The number of rotatable bonds is 10. The van der Waals surface area contributed by atoms with E-state index in [0.717, 1.165) is 6.42 Å². The minimum atomic E-state index is -2.81. The summed E-state index contributed by atoms with van der Waals surface area (Å²) in [6.45, 7) is 2.23. The van der Waals surface area contributed by atoms with Crippen LogP contribution < -0.4 is 60.8 Å². The molecule has 1 rings (SSSR count). The van der Waals surface area contributed by atoms with Crippen molar-refractivity contribution in [2.24, 2.45) is 0 Å². The summed E-state index contributed by atoms with van der Waals surface area (Å²) in [6.07, 6.45) is 10.2. The van der Waals surface area contributed by atoms with Gasteiger partial charge in [-0.25, -0.2) is 0 Å². The third-order valence-corrected chi connectivity index (χ3v) is 3.53. The van der Waals surface area contributed by atoms with E-state index in [9.17, 15) is 9.46 Å². The van der Waals surface area contributed by atoms with E-state index in [4.69, 9.17) is 0 Å². The first kappa shape index (κ1) is 20.7. The zero-order valence-corrected chi connectivity index (χ0v) is 16.7. The molecule has 0 saturated heterocycles. The summed E-state index contributed by atoms with van der Waals surface area (Å²) < 4.78 is 15.0. The molecular weight excluding hydrogens is 298 g/mol. The first-order chi connectivity index (χ1) is 9.22. The van der Waals surface area contributed by atoms with Gasteiger partial charge in [0.25, 0.3) is 0 Å². The molecule has 0 bridgehead atoms. The fourth-order valence-corrected chi connectivity index (χ4v) is 2.38. The van der Waals surface area contributed by atoms with Crippen LogP contribution in [0.25, 0.3) is 0 Å². The predicted octanol–water partition coefficient (Wildman–Crippen LogP) is 1.38. The molecule has 106 valence electrons. The van der Waals surface area contributed by atoms with Crippen molar-refractivity contribution in [2.45, 2.75) is 58.3 Å². The van der Waals surface area contributed by atoms with Crippen molar-refractivity contribution in [3.05, 3.63) is 29.8 Å². The zero-order valence-electron chi connectivity index (χ0n) is 12.6. The van der Waals surface area contributed by atoms with Crippen LogP contribution in [0.5, 0.6) is 5.75 Å². The summed E-state index contributed by atoms with van der Waals surface area (Å²) in [5, 5.41) is 0. The summed E-state index contributed by atoms with van der Waals surface area (Å²) in [5.74, 6) is 0.388. The van der Waals surface area contributed by atoms with Gasteiger partial charge < -0.3 is 4.89 Å². The molecule has 0 saturated carbocycles. The average Bonchev–Trinajstić information content (AvgIpc) is 2.39. The number of aryl methyl sites for hydroxylation is 1. The van der Waals surface area contributed by atoms with Crippen LogP contribution in [0.4, 0.5) is 0 Å². The minimum absolute atomic E-state index is 0. The summed E-state index contributed by atoms with van der Waals surface area (Å²) in [5.41, 5.74) is 1.24. The summed E-state index contributed by atoms with van der Waals surface area (Å²) in [7, 11) is -2.81. The second kappa shape index (κ2) is 13.4. The van der Waals surface area contributed by atoms with Crippen molar-refractivity contribution in [3.63, 3.8) is 0 Å². The van der Waals surface area contributed by atoms with Gasteiger partial charge in [-0.15, -0.1) is 0 Å². The Hall–Kier alpha value is 0.716. The van der Waals surface area contributed by atoms with Crippen molar-refractivity contribution in [3.8, 4) is 5.75 Å². The second-order valence-corrected chi connectivity index (χ2v) is 5.46. The monoisotopic (exact) mass is 321 g/mol. The topological polar surface area (TPSA) is 49.4 Å². The average molecular weight is 321 g/mol. The maximum Gasteiger partial charge on any atom is 1.00 e. The molecule has 5 heteroatoms. The van der Waals surface area contributed by atoms with E-state index in [1.807, 2.05) is 12.1 Å². The normalized spacial score (nSPS) is 10.8. The Morgan fingerprint density at radius 3 is 2.10 bits per heavy atom. The van der Waals surface area contributed by atoms with Crippen molar-refractivity contribution >= 4 is 8.25 Å². The van der Waals surface area contributed by atoms with Gasteiger partial charge in [-0.1, -0.05) is 57.6 Å². The fraction of sp³-hybridized carbons (Fsp3) is 0.600. The standard InChI is InChI=1S/C15H23O3P.K/c1-2-3-4-5-6-7-8-9-14-10-12-15(13-11-14)18-19(16)17;/h10-13H,2-9H2,1H3;/q;+1. The summed E-state index contributed by atoms with van der Waals surface area (Å²) >= 11 is 0. The van der Waals surface area contributed by atoms with E-state index >= 15 is 0 Å². The van der Waals surface area contributed by atoms with Crippen molar-refractivity contribution in [2.75, 3.05) is 0 Å². The summed E-state index contributed by atoms with van der Waals surface area (Å²) in [6, 6.07) is 7.29. The molecule has 0 heterocycles. The molecule has 0 fully saturated rings. The van der Waals surface area contributed by atoms with Gasteiger partial charge in [-0.05, 0) is 35.1 Å². The number of hydrogen-bond donors (Lipinski definition) is 0. The van der Waals surface area contributed by atoms with E-state index in [1.165, 1.54) is 50.5 Å². The second-order valence-electron chi connectivity index (χ2n) is 4.83. The largest absolute Gasteiger partial charge is 1.00 e. The van der Waals surface area contributed by atoms with Gasteiger partial charge in [0.1, 0.15) is 0 Å². The minimum Gasteiger partial charge on any atom is -0.558 e. The van der Waals surface area contributed by atoms with Crippen LogP contribution in [0.15, 0.2) is 24.3 Å². The molecule has 1 atom stereocenters. The zero-order chi connectivity index (χ0) is 13.9. The molecule has 3 nitrogen and oxygen atoms in total. The molecule has 0 amide bonds. The Morgan fingerprint density at radius 1 is 1.00 bits per heavy atom. The van der Waals surface area contributed by atoms with E-state index in [0.29, 0.717) is 5.75 Å². The maximum atomic E-state index is 10.4. The van der Waals surface area contributed by atoms with E-state index in [1.54, 1.807) is 12.1 Å².